The van der Waals surface area contributed by atoms with Gasteiger partial charge in [-0.15, -0.1) is 11.3 Å². The fourth-order valence-electron chi connectivity index (χ4n) is 1.85. The molecule has 1 aromatic carbocycles. The number of nitrogens with one attached hydrogen (secondary N) is 1. The first-order valence-corrected chi connectivity index (χ1v) is 7.34. The second-order valence-electron chi connectivity index (χ2n) is 4.54. The molecule has 0 amide bonds. The second kappa shape index (κ2) is 5.26. The molecule has 0 aliphatic rings. The molecule has 0 aliphatic heterocycles. The van der Waals surface area contributed by atoms with E-state index in [4.69, 9.17) is 11.6 Å². The Labute approximate surface area is 126 Å². The molecule has 0 unspecified atom stereocenters. The summed E-state index contributed by atoms with van der Waals surface area (Å²) < 4.78 is 0. The van der Waals surface area contributed by atoms with Gasteiger partial charge in [-0.3, -0.25) is 0 Å². The Morgan fingerprint density at radius 2 is 1.85 bits per heavy atom. The van der Waals surface area contributed by atoms with E-state index in [-0.39, 0.29) is 0 Å². The van der Waals surface area contributed by atoms with Crippen LogP contribution in [-0.4, -0.2) is 24.1 Å². The van der Waals surface area contributed by atoms with E-state index in [0.717, 1.165) is 21.6 Å². The minimum Gasteiger partial charge on any atom is -0.378 e. The van der Waals surface area contributed by atoms with Gasteiger partial charge in [-0.2, -0.15) is 0 Å². The van der Waals surface area contributed by atoms with Crippen LogP contribution in [0.4, 0.5) is 17.3 Å². The predicted octanol–water partition coefficient (Wildman–Crippen LogP) is 4.15. The lowest BCUT2D eigenvalue weighted by Crippen LogP contribution is -2.08. The highest BCUT2D eigenvalue weighted by Crippen LogP contribution is 2.27. The quantitative estimate of drug-likeness (QED) is 0.738. The molecule has 0 spiro atoms. The SMILES string of the molecule is CN(C)c1ccc(Nc2nc(Cl)c3ccsc3n2)cc1. The van der Waals surface area contributed by atoms with Crippen molar-refractivity contribution < 1.29 is 0 Å². The number of halogens is 1. The number of hydrogen-bond acceptors (Lipinski definition) is 5. The maximum atomic E-state index is 6.15. The third-order valence-corrected chi connectivity index (χ3v) is 4.01. The van der Waals surface area contributed by atoms with Crippen LogP contribution in [0, 0.1) is 0 Å². The molecule has 0 fully saturated rings. The molecular formula is C14H13ClN4S. The number of thiophene rings is 1. The molecular weight excluding hydrogens is 292 g/mol. The molecule has 4 nitrogen and oxygen atoms in total. The molecule has 3 rings (SSSR count). The van der Waals surface area contributed by atoms with Gasteiger partial charge in [0.25, 0.3) is 0 Å². The lowest BCUT2D eigenvalue weighted by atomic mass is 10.2. The Bertz CT molecular complexity index is 737. The van der Waals surface area contributed by atoms with E-state index in [9.17, 15) is 0 Å². The van der Waals surface area contributed by atoms with Crippen molar-refractivity contribution in [3.63, 3.8) is 0 Å². The van der Waals surface area contributed by atoms with Gasteiger partial charge in [-0.05, 0) is 35.7 Å². The van der Waals surface area contributed by atoms with Crippen LogP contribution in [0.15, 0.2) is 35.7 Å². The number of fused-ring (bicyclic) bond motifs is 1. The molecule has 1 N–H and O–H groups in total. The average molecular weight is 305 g/mol. The average Bonchev–Trinajstić information content (AvgIpc) is 2.88. The molecule has 102 valence electrons. The zero-order valence-electron chi connectivity index (χ0n) is 11.1. The molecule has 3 aromatic rings. The normalized spacial score (nSPS) is 10.8. The molecule has 0 saturated carbocycles. The topological polar surface area (TPSA) is 41.0 Å². The minimum atomic E-state index is 0.476. The summed E-state index contributed by atoms with van der Waals surface area (Å²) >= 11 is 7.70. The Morgan fingerprint density at radius 1 is 1.10 bits per heavy atom. The molecule has 0 aliphatic carbocycles. The Kier molecular flexibility index (Phi) is 3.46. The van der Waals surface area contributed by atoms with E-state index in [0.29, 0.717) is 11.1 Å². The van der Waals surface area contributed by atoms with Crippen molar-refractivity contribution in [3.8, 4) is 0 Å². The van der Waals surface area contributed by atoms with E-state index in [1.165, 1.54) is 0 Å². The standard InChI is InChI=1S/C14H13ClN4S/c1-19(2)10-5-3-9(4-6-10)16-14-17-12(15)11-7-8-20-13(11)18-14/h3-8H,1-2H3,(H,16,17,18). The van der Waals surface area contributed by atoms with Gasteiger partial charge in [0.1, 0.15) is 9.98 Å². The van der Waals surface area contributed by atoms with Crippen LogP contribution in [0.3, 0.4) is 0 Å². The van der Waals surface area contributed by atoms with Gasteiger partial charge in [0.15, 0.2) is 0 Å². The Balaban J connectivity index is 1.88. The molecule has 0 radical (unpaired) electrons. The zero-order chi connectivity index (χ0) is 14.1. The first-order valence-electron chi connectivity index (χ1n) is 6.08. The number of benzene rings is 1. The summed E-state index contributed by atoms with van der Waals surface area (Å²) in [6.45, 7) is 0. The monoisotopic (exact) mass is 304 g/mol. The van der Waals surface area contributed by atoms with Crippen LogP contribution in [0.2, 0.25) is 5.15 Å². The van der Waals surface area contributed by atoms with Crippen LogP contribution in [0.25, 0.3) is 10.2 Å². The van der Waals surface area contributed by atoms with E-state index < -0.39 is 0 Å². The van der Waals surface area contributed by atoms with Crippen molar-refractivity contribution >= 4 is 50.5 Å². The smallest absolute Gasteiger partial charge is 0.230 e. The maximum Gasteiger partial charge on any atom is 0.230 e. The van der Waals surface area contributed by atoms with Crippen LogP contribution in [0.1, 0.15) is 0 Å². The summed E-state index contributed by atoms with van der Waals surface area (Å²) in [5.41, 5.74) is 2.07. The number of aromatic nitrogens is 2. The summed E-state index contributed by atoms with van der Waals surface area (Å²) in [7, 11) is 4.02. The van der Waals surface area contributed by atoms with Gasteiger partial charge in [0.05, 0.1) is 0 Å². The van der Waals surface area contributed by atoms with E-state index in [1.807, 2.05) is 49.8 Å². The molecule has 6 heteroatoms. The second-order valence-corrected chi connectivity index (χ2v) is 5.80. The van der Waals surface area contributed by atoms with E-state index in [2.05, 4.69) is 20.2 Å². The molecule has 2 aromatic heterocycles. The summed E-state index contributed by atoms with van der Waals surface area (Å²) in [5.74, 6) is 0.516. The van der Waals surface area contributed by atoms with Crippen molar-refractivity contribution in [2.75, 3.05) is 24.3 Å². The van der Waals surface area contributed by atoms with Gasteiger partial charge in [-0.1, -0.05) is 11.6 Å². The van der Waals surface area contributed by atoms with Crippen LogP contribution >= 0.6 is 22.9 Å². The Hall–Kier alpha value is -1.85. The minimum absolute atomic E-state index is 0.476. The van der Waals surface area contributed by atoms with Gasteiger partial charge in [0, 0.05) is 30.9 Å². The number of hydrogen-bond donors (Lipinski definition) is 1. The molecule has 0 atom stereocenters. The highest BCUT2D eigenvalue weighted by molar-refractivity contribution is 7.16. The zero-order valence-corrected chi connectivity index (χ0v) is 12.7. The highest BCUT2D eigenvalue weighted by Gasteiger charge is 2.07. The first kappa shape index (κ1) is 13.1. The van der Waals surface area contributed by atoms with Crippen LogP contribution in [-0.2, 0) is 0 Å². The van der Waals surface area contributed by atoms with Crippen molar-refractivity contribution in [1.29, 1.82) is 0 Å². The van der Waals surface area contributed by atoms with E-state index in [1.54, 1.807) is 11.3 Å². The van der Waals surface area contributed by atoms with Gasteiger partial charge >= 0.3 is 0 Å². The maximum absolute atomic E-state index is 6.15. The van der Waals surface area contributed by atoms with Crippen molar-refractivity contribution in [2.24, 2.45) is 0 Å². The van der Waals surface area contributed by atoms with Crippen molar-refractivity contribution in [3.05, 3.63) is 40.9 Å². The summed E-state index contributed by atoms with van der Waals surface area (Å²) in [5, 5.41) is 6.50. The third-order valence-electron chi connectivity index (χ3n) is 2.92. The first-order chi connectivity index (χ1) is 9.63. The van der Waals surface area contributed by atoms with Gasteiger partial charge in [0.2, 0.25) is 5.95 Å². The summed E-state index contributed by atoms with van der Waals surface area (Å²) in [6, 6.07) is 9.98. The number of anilines is 3. The summed E-state index contributed by atoms with van der Waals surface area (Å²) in [4.78, 5) is 11.7. The highest BCUT2D eigenvalue weighted by atomic mass is 35.5. The van der Waals surface area contributed by atoms with Gasteiger partial charge < -0.3 is 10.2 Å². The lowest BCUT2D eigenvalue weighted by molar-refractivity contribution is 1.13. The molecule has 0 saturated heterocycles. The summed E-state index contributed by atoms with van der Waals surface area (Å²) in [6.07, 6.45) is 0. The van der Waals surface area contributed by atoms with E-state index >= 15 is 0 Å². The van der Waals surface area contributed by atoms with Crippen molar-refractivity contribution in [2.45, 2.75) is 0 Å². The van der Waals surface area contributed by atoms with Crippen molar-refractivity contribution in [1.82, 2.24) is 9.97 Å². The fraction of sp³-hybridized carbons (Fsp3) is 0.143. The number of nitrogens with zero attached hydrogens (tertiary/aromatic N) is 3. The van der Waals surface area contributed by atoms with Gasteiger partial charge in [-0.25, -0.2) is 9.97 Å². The largest absolute Gasteiger partial charge is 0.378 e. The lowest BCUT2D eigenvalue weighted by Gasteiger charge is -2.13. The number of rotatable bonds is 3. The van der Waals surface area contributed by atoms with Crippen LogP contribution in [0.5, 0.6) is 0 Å². The Morgan fingerprint density at radius 3 is 2.55 bits per heavy atom. The predicted molar refractivity (Wildman–Crippen MR) is 86.5 cm³/mol. The fourth-order valence-corrected chi connectivity index (χ4v) is 2.90. The van der Waals surface area contributed by atoms with Crippen LogP contribution < -0.4 is 10.2 Å². The molecule has 20 heavy (non-hydrogen) atoms. The molecule has 0 bridgehead atoms. The third kappa shape index (κ3) is 2.55. The molecule has 2 heterocycles.